The quantitative estimate of drug-likeness (QED) is 0.751. The standard InChI is InChI=1S/C21H18ClF2N3O4/c1-21-9-8-18(29)27(21)15-5-3-2-4-13(15)19(30)26(21)11-17(28)25-12-6-7-16(14(22)10-12)31-20(23)24/h2-7,10,20H,8-9,11H2,1H3,(H,25,28). The van der Waals surface area contributed by atoms with Gasteiger partial charge in [-0.2, -0.15) is 8.78 Å². The molecule has 162 valence electrons. The number of hydrogen-bond acceptors (Lipinski definition) is 4. The summed E-state index contributed by atoms with van der Waals surface area (Å²) in [6.45, 7) is -1.57. The SMILES string of the molecule is CC12CCC(=O)N1c1ccccc1C(=O)N2CC(=O)Nc1ccc(OC(F)F)c(Cl)c1. The fourth-order valence-corrected chi connectivity index (χ4v) is 4.28. The summed E-state index contributed by atoms with van der Waals surface area (Å²) in [5.41, 5.74) is 0.174. The summed E-state index contributed by atoms with van der Waals surface area (Å²) in [5, 5.41) is 2.50. The second-order valence-corrected chi connectivity index (χ2v) is 7.83. The van der Waals surface area contributed by atoms with Gasteiger partial charge in [0.2, 0.25) is 11.8 Å². The van der Waals surface area contributed by atoms with Gasteiger partial charge in [0.15, 0.2) is 0 Å². The van der Waals surface area contributed by atoms with Crippen LogP contribution in [0.25, 0.3) is 0 Å². The Balaban J connectivity index is 1.56. The molecule has 0 bridgehead atoms. The van der Waals surface area contributed by atoms with E-state index in [1.807, 2.05) is 0 Å². The Morgan fingerprint density at radius 3 is 2.71 bits per heavy atom. The van der Waals surface area contributed by atoms with Crippen LogP contribution in [0.5, 0.6) is 5.75 Å². The van der Waals surface area contributed by atoms with Gasteiger partial charge in [-0.05, 0) is 43.7 Å². The van der Waals surface area contributed by atoms with Crippen molar-refractivity contribution >= 4 is 40.7 Å². The minimum Gasteiger partial charge on any atom is -0.433 e. The fourth-order valence-electron chi connectivity index (χ4n) is 4.06. The fraction of sp³-hybridized carbons (Fsp3) is 0.286. The van der Waals surface area contributed by atoms with Gasteiger partial charge in [-0.1, -0.05) is 23.7 Å². The summed E-state index contributed by atoms with van der Waals surface area (Å²) in [7, 11) is 0. The first-order chi connectivity index (χ1) is 14.7. The Kier molecular flexibility index (Phi) is 5.30. The molecule has 1 N–H and O–H groups in total. The maximum atomic E-state index is 13.2. The molecule has 0 aliphatic carbocycles. The molecule has 0 spiro atoms. The van der Waals surface area contributed by atoms with Gasteiger partial charge in [-0.3, -0.25) is 19.3 Å². The third-order valence-corrected chi connectivity index (χ3v) is 5.77. The molecule has 10 heteroatoms. The molecular weight excluding hydrogens is 432 g/mol. The number of fused-ring (bicyclic) bond motifs is 3. The highest BCUT2D eigenvalue weighted by Crippen LogP contribution is 2.43. The number of rotatable bonds is 5. The van der Waals surface area contributed by atoms with Crippen molar-refractivity contribution in [3.05, 3.63) is 53.1 Å². The molecule has 2 aliphatic heterocycles. The van der Waals surface area contributed by atoms with E-state index in [4.69, 9.17) is 11.6 Å². The molecule has 1 unspecified atom stereocenters. The van der Waals surface area contributed by atoms with Crippen molar-refractivity contribution < 1.29 is 27.9 Å². The number of hydrogen-bond donors (Lipinski definition) is 1. The molecule has 2 heterocycles. The van der Waals surface area contributed by atoms with Gasteiger partial charge < -0.3 is 15.0 Å². The smallest absolute Gasteiger partial charge is 0.387 e. The molecule has 0 saturated carbocycles. The van der Waals surface area contributed by atoms with Crippen LogP contribution in [-0.4, -0.2) is 41.4 Å². The molecular formula is C21H18ClF2N3O4. The Bertz CT molecular complexity index is 1080. The van der Waals surface area contributed by atoms with Gasteiger partial charge in [-0.25, -0.2) is 0 Å². The predicted molar refractivity (Wildman–Crippen MR) is 109 cm³/mol. The molecule has 1 fully saturated rings. The summed E-state index contributed by atoms with van der Waals surface area (Å²) in [5.74, 6) is -1.20. The highest BCUT2D eigenvalue weighted by Gasteiger charge is 2.53. The van der Waals surface area contributed by atoms with E-state index in [1.54, 1.807) is 36.1 Å². The maximum Gasteiger partial charge on any atom is 0.387 e. The number of ether oxygens (including phenoxy) is 1. The average Bonchev–Trinajstić information content (AvgIpc) is 3.02. The van der Waals surface area contributed by atoms with Crippen molar-refractivity contribution in [1.82, 2.24) is 4.90 Å². The van der Waals surface area contributed by atoms with E-state index >= 15 is 0 Å². The Morgan fingerprint density at radius 1 is 1.26 bits per heavy atom. The number of anilines is 2. The molecule has 2 aromatic rings. The third-order valence-electron chi connectivity index (χ3n) is 5.48. The van der Waals surface area contributed by atoms with Crippen molar-refractivity contribution in [2.24, 2.45) is 0 Å². The van der Waals surface area contributed by atoms with Crippen LogP contribution < -0.4 is 15.0 Å². The predicted octanol–water partition coefficient (Wildman–Crippen LogP) is 3.88. The van der Waals surface area contributed by atoms with Gasteiger partial charge in [-0.15, -0.1) is 0 Å². The number of nitrogens with zero attached hydrogens (tertiary/aromatic N) is 2. The minimum absolute atomic E-state index is 0.0967. The summed E-state index contributed by atoms with van der Waals surface area (Å²) in [4.78, 5) is 41.4. The van der Waals surface area contributed by atoms with Crippen molar-refractivity contribution in [3.8, 4) is 5.75 Å². The van der Waals surface area contributed by atoms with Crippen molar-refractivity contribution in [2.75, 3.05) is 16.8 Å². The van der Waals surface area contributed by atoms with E-state index in [-0.39, 0.29) is 41.2 Å². The highest BCUT2D eigenvalue weighted by molar-refractivity contribution is 6.32. The second kappa shape index (κ2) is 7.81. The van der Waals surface area contributed by atoms with Crippen LogP contribution in [0.1, 0.15) is 30.1 Å². The molecule has 1 atom stereocenters. The van der Waals surface area contributed by atoms with Crippen molar-refractivity contribution in [3.63, 3.8) is 0 Å². The first-order valence-electron chi connectivity index (χ1n) is 9.49. The molecule has 4 rings (SSSR count). The lowest BCUT2D eigenvalue weighted by Gasteiger charge is -2.48. The van der Waals surface area contributed by atoms with Gasteiger partial charge >= 0.3 is 6.61 Å². The van der Waals surface area contributed by atoms with Crippen LogP contribution in [0.3, 0.4) is 0 Å². The number of halogens is 3. The molecule has 31 heavy (non-hydrogen) atoms. The zero-order valence-electron chi connectivity index (χ0n) is 16.4. The molecule has 1 saturated heterocycles. The number of benzene rings is 2. The Labute approximate surface area is 181 Å². The number of alkyl halides is 2. The van der Waals surface area contributed by atoms with Gasteiger partial charge in [0, 0.05) is 12.1 Å². The topological polar surface area (TPSA) is 79.0 Å². The van der Waals surface area contributed by atoms with Gasteiger partial charge in [0.05, 0.1) is 16.3 Å². The van der Waals surface area contributed by atoms with E-state index in [1.165, 1.54) is 23.1 Å². The van der Waals surface area contributed by atoms with Gasteiger partial charge in [0.1, 0.15) is 18.0 Å². The molecule has 2 aliphatic rings. The van der Waals surface area contributed by atoms with Crippen LogP contribution >= 0.6 is 11.6 Å². The first-order valence-corrected chi connectivity index (χ1v) is 9.87. The number of para-hydroxylation sites is 1. The normalized spacial score (nSPS) is 20.0. The number of amides is 3. The van der Waals surface area contributed by atoms with E-state index in [0.717, 1.165) is 0 Å². The van der Waals surface area contributed by atoms with E-state index in [9.17, 15) is 23.2 Å². The summed E-state index contributed by atoms with van der Waals surface area (Å²) < 4.78 is 29.0. The maximum absolute atomic E-state index is 13.2. The largest absolute Gasteiger partial charge is 0.433 e. The third kappa shape index (κ3) is 3.69. The zero-order valence-corrected chi connectivity index (χ0v) is 17.2. The van der Waals surface area contributed by atoms with Crippen LogP contribution in [0.4, 0.5) is 20.2 Å². The van der Waals surface area contributed by atoms with E-state index in [0.29, 0.717) is 17.7 Å². The van der Waals surface area contributed by atoms with Crippen LogP contribution in [0.15, 0.2) is 42.5 Å². The average molecular weight is 450 g/mol. The lowest BCUT2D eigenvalue weighted by Crippen LogP contribution is -2.63. The molecule has 3 amide bonds. The second-order valence-electron chi connectivity index (χ2n) is 7.43. The summed E-state index contributed by atoms with van der Waals surface area (Å²) in [6, 6.07) is 10.6. The Morgan fingerprint density at radius 2 is 2.00 bits per heavy atom. The Hall–Kier alpha value is -3.20. The number of carbonyl (C=O) groups excluding carboxylic acids is 3. The summed E-state index contributed by atoms with van der Waals surface area (Å²) >= 11 is 5.92. The highest BCUT2D eigenvalue weighted by atomic mass is 35.5. The molecule has 2 aromatic carbocycles. The molecule has 0 radical (unpaired) electrons. The van der Waals surface area contributed by atoms with Crippen LogP contribution in [-0.2, 0) is 9.59 Å². The summed E-state index contributed by atoms with van der Waals surface area (Å²) in [6.07, 6.45) is 0.655. The van der Waals surface area contributed by atoms with Crippen molar-refractivity contribution in [1.29, 1.82) is 0 Å². The first kappa shape index (κ1) is 21.0. The van der Waals surface area contributed by atoms with Gasteiger partial charge in [0.25, 0.3) is 5.91 Å². The molecule has 0 aromatic heterocycles. The number of carbonyl (C=O) groups is 3. The zero-order chi connectivity index (χ0) is 22.3. The molecule has 7 nitrogen and oxygen atoms in total. The minimum atomic E-state index is -3.02. The van der Waals surface area contributed by atoms with Crippen LogP contribution in [0, 0.1) is 0 Å². The van der Waals surface area contributed by atoms with E-state index in [2.05, 4.69) is 10.1 Å². The van der Waals surface area contributed by atoms with Crippen LogP contribution in [0.2, 0.25) is 5.02 Å². The van der Waals surface area contributed by atoms with Crippen molar-refractivity contribution in [2.45, 2.75) is 32.0 Å². The lowest BCUT2D eigenvalue weighted by atomic mass is 9.98. The number of nitrogens with one attached hydrogen (secondary N) is 1. The monoisotopic (exact) mass is 449 g/mol. The van der Waals surface area contributed by atoms with E-state index < -0.39 is 18.2 Å². The lowest BCUT2D eigenvalue weighted by molar-refractivity contribution is -0.120.